The Kier molecular flexibility index (Phi) is 7.36. The molecule has 5 heteroatoms. The molecule has 0 saturated heterocycles. The minimum Gasteiger partial charge on any atom is -0.494 e. The SMILES string of the molecule is CCOC(=O)C(N)CSCc1ccc(OCC)cc1. The molecule has 0 radical (unpaired) electrons. The number of benzene rings is 1. The molecule has 0 aliphatic rings. The first kappa shape index (κ1) is 15.9. The van der Waals surface area contributed by atoms with Crippen molar-refractivity contribution in [2.75, 3.05) is 19.0 Å². The Bertz CT molecular complexity index is 381. The molecule has 0 amide bonds. The quantitative estimate of drug-likeness (QED) is 0.741. The van der Waals surface area contributed by atoms with Gasteiger partial charge in [0.15, 0.2) is 0 Å². The van der Waals surface area contributed by atoms with Crippen molar-refractivity contribution in [3.8, 4) is 5.75 Å². The highest BCUT2D eigenvalue weighted by Gasteiger charge is 2.13. The molecule has 0 saturated carbocycles. The van der Waals surface area contributed by atoms with Crippen LogP contribution in [0.25, 0.3) is 0 Å². The van der Waals surface area contributed by atoms with Gasteiger partial charge in [0, 0.05) is 11.5 Å². The van der Waals surface area contributed by atoms with Crippen LogP contribution in [0.5, 0.6) is 5.75 Å². The molecule has 1 aromatic rings. The van der Waals surface area contributed by atoms with Crippen LogP contribution in [-0.2, 0) is 15.3 Å². The van der Waals surface area contributed by atoms with Gasteiger partial charge in [-0.2, -0.15) is 11.8 Å². The molecular weight excluding hydrogens is 262 g/mol. The summed E-state index contributed by atoms with van der Waals surface area (Å²) < 4.78 is 10.2. The van der Waals surface area contributed by atoms with Gasteiger partial charge in [-0.05, 0) is 31.5 Å². The van der Waals surface area contributed by atoms with Crippen molar-refractivity contribution >= 4 is 17.7 Å². The number of thioether (sulfide) groups is 1. The molecule has 0 fully saturated rings. The van der Waals surface area contributed by atoms with Gasteiger partial charge in [-0.3, -0.25) is 4.79 Å². The third-order valence-electron chi connectivity index (χ3n) is 2.39. The molecule has 19 heavy (non-hydrogen) atoms. The predicted octanol–water partition coefficient (Wildman–Crippen LogP) is 2.21. The summed E-state index contributed by atoms with van der Waals surface area (Å²) in [6.07, 6.45) is 0. The topological polar surface area (TPSA) is 61.5 Å². The summed E-state index contributed by atoms with van der Waals surface area (Å²) in [7, 11) is 0. The van der Waals surface area contributed by atoms with Crippen LogP contribution >= 0.6 is 11.8 Å². The Morgan fingerprint density at radius 1 is 1.26 bits per heavy atom. The lowest BCUT2D eigenvalue weighted by molar-refractivity contribution is -0.144. The van der Waals surface area contributed by atoms with Gasteiger partial charge in [-0.25, -0.2) is 0 Å². The van der Waals surface area contributed by atoms with Gasteiger partial charge >= 0.3 is 5.97 Å². The van der Waals surface area contributed by atoms with Gasteiger partial charge in [-0.15, -0.1) is 0 Å². The monoisotopic (exact) mass is 283 g/mol. The maximum atomic E-state index is 11.3. The van der Waals surface area contributed by atoms with Crippen LogP contribution in [0, 0.1) is 0 Å². The second kappa shape index (κ2) is 8.82. The van der Waals surface area contributed by atoms with Crippen molar-refractivity contribution in [2.24, 2.45) is 5.73 Å². The smallest absolute Gasteiger partial charge is 0.323 e. The highest BCUT2D eigenvalue weighted by Crippen LogP contribution is 2.17. The fourth-order valence-electron chi connectivity index (χ4n) is 1.47. The van der Waals surface area contributed by atoms with Crippen LogP contribution in [0.15, 0.2) is 24.3 Å². The van der Waals surface area contributed by atoms with Crippen LogP contribution in [0.1, 0.15) is 19.4 Å². The lowest BCUT2D eigenvalue weighted by atomic mass is 10.2. The van der Waals surface area contributed by atoms with Gasteiger partial charge in [-0.1, -0.05) is 12.1 Å². The Morgan fingerprint density at radius 2 is 1.95 bits per heavy atom. The largest absolute Gasteiger partial charge is 0.494 e. The van der Waals surface area contributed by atoms with E-state index in [0.29, 0.717) is 19.0 Å². The van der Waals surface area contributed by atoms with Gasteiger partial charge in [0.1, 0.15) is 11.8 Å². The van der Waals surface area contributed by atoms with E-state index in [0.717, 1.165) is 11.5 Å². The molecule has 1 aromatic carbocycles. The molecular formula is C14H21NO3S. The van der Waals surface area contributed by atoms with Crippen LogP contribution in [0.3, 0.4) is 0 Å². The summed E-state index contributed by atoms with van der Waals surface area (Å²) in [5.74, 6) is 1.92. The zero-order chi connectivity index (χ0) is 14.1. The number of carbonyl (C=O) groups is 1. The highest BCUT2D eigenvalue weighted by atomic mass is 32.2. The lowest BCUT2D eigenvalue weighted by Crippen LogP contribution is -2.34. The highest BCUT2D eigenvalue weighted by molar-refractivity contribution is 7.98. The second-order valence-electron chi connectivity index (χ2n) is 3.95. The van der Waals surface area contributed by atoms with Gasteiger partial charge in [0.25, 0.3) is 0 Å². The first-order chi connectivity index (χ1) is 9.17. The van der Waals surface area contributed by atoms with E-state index in [1.54, 1.807) is 18.7 Å². The first-order valence-electron chi connectivity index (χ1n) is 6.39. The lowest BCUT2D eigenvalue weighted by Gasteiger charge is -2.10. The fourth-order valence-corrected chi connectivity index (χ4v) is 2.41. The van der Waals surface area contributed by atoms with E-state index in [9.17, 15) is 4.79 Å². The van der Waals surface area contributed by atoms with Crippen molar-refractivity contribution in [3.63, 3.8) is 0 Å². The molecule has 2 N–H and O–H groups in total. The first-order valence-corrected chi connectivity index (χ1v) is 7.54. The van der Waals surface area contributed by atoms with Crippen LogP contribution in [0.2, 0.25) is 0 Å². The van der Waals surface area contributed by atoms with Crippen molar-refractivity contribution < 1.29 is 14.3 Å². The third kappa shape index (κ3) is 5.98. The minimum atomic E-state index is -0.548. The summed E-state index contributed by atoms with van der Waals surface area (Å²) in [4.78, 5) is 11.3. The average Bonchev–Trinajstić information content (AvgIpc) is 2.41. The Hall–Kier alpha value is -1.20. The van der Waals surface area contributed by atoms with Crippen LogP contribution in [0.4, 0.5) is 0 Å². The average molecular weight is 283 g/mol. The summed E-state index contributed by atoms with van der Waals surface area (Å²) in [5, 5.41) is 0. The maximum Gasteiger partial charge on any atom is 0.323 e. The number of carbonyl (C=O) groups excluding carboxylic acids is 1. The van der Waals surface area contributed by atoms with Gasteiger partial charge in [0.2, 0.25) is 0 Å². The van der Waals surface area contributed by atoms with E-state index in [1.807, 2.05) is 31.2 Å². The number of esters is 1. The Morgan fingerprint density at radius 3 is 2.53 bits per heavy atom. The zero-order valence-corrected chi connectivity index (χ0v) is 12.2. The molecule has 0 aromatic heterocycles. The number of hydrogen-bond acceptors (Lipinski definition) is 5. The fraction of sp³-hybridized carbons (Fsp3) is 0.500. The van der Waals surface area contributed by atoms with E-state index in [2.05, 4.69) is 0 Å². The summed E-state index contributed by atoms with van der Waals surface area (Å²) in [5.41, 5.74) is 6.90. The molecule has 1 unspecified atom stereocenters. The van der Waals surface area contributed by atoms with E-state index in [-0.39, 0.29) is 5.97 Å². The third-order valence-corrected chi connectivity index (χ3v) is 3.52. The standard InChI is InChI=1S/C14H21NO3S/c1-3-17-12-7-5-11(6-8-12)9-19-10-13(15)14(16)18-4-2/h5-8,13H,3-4,9-10,15H2,1-2H3. The number of rotatable bonds is 8. The number of nitrogens with two attached hydrogens (primary N) is 1. The Balaban J connectivity index is 2.30. The van der Waals surface area contributed by atoms with E-state index in [1.165, 1.54) is 5.56 Å². The van der Waals surface area contributed by atoms with Gasteiger partial charge in [0.05, 0.1) is 13.2 Å². The molecule has 4 nitrogen and oxygen atoms in total. The number of ether oxygens (including phenoxy) is 2. The maximum absolute atomic E-state index is 11.3. The second-order valence-corrected chi connectivity index (χ2v) is 4.98. The van der Waals surface area contributed by atoms with E-state index < -0.39 is 6.04 Å². The summed E-state index contributed by atoms with van der Waals surface area (Å²) in [6, 6.07) is 7.39. The minimum absolute atomic E-state index is 0.332. The Labute approximate surface area is 118 Å². The van der Waals surface area contributed by atoms with Crippen molar-refractivity contribution in [1.29, 1.82) is 0 Å². The number of hydrogen-bond donors (Lipinski definition) is 1. The summed E-state index contributed by atoms with van der Waals surface area (Å²) in [6.45, 7) is 4.77. The molecule has 0 aliphatic heterocycles. The van der Waals surface area contributed by atoms with Crippen molar-refractivity contribution in [2.45, 2.75) is 25.6 Å². The normalized spacial score (nSPS) is 11.9. The van der Waals surface area contributed by atoms with Crippen LogP contribution in [-0.4, -0.2) is 31.0 Å². The molecule has 106 valence electrons. The van der Waals surface area contributed by atoms with Crippen LogP contribution < -0.4 is 10.5 Å². The van der Waals surface area contributed by atoms with E-state index >= 15 is 0 Å². The molecule has 0 heterocycles. The molecule has 1 rings (SSSR count). The zero-order valence-electron chi connectivity index (χ0n) is 11.4. The van der Waals surface area contributed by atoms with E-state index in [4.69, 9.17) is 15.2 Å². The predicted molar refractivity (Wildman–Crippen MR) is 78.4 cm³/mol. The van der Waals surface area contributed by atoms with Gasteiger partial charge < -0.3 is 15.2 Å². The molecule has 1 atom stereocenters. The molecule has 0 bridgehead atoms. The van der Waals surface area contributed by atoms with Crippen molar-refractivity contribution in [3.05, 3.63) is 29.8 Å². The molecule has 0 aliphatic carbocycles. The summed E-state index contributed by atoms with van der Waals surface area (Å²) >= 11 is 1.62. The molecule has 0 spiro atoms. The van der Waals surface area contributed by atoms with Crippen molar-refractivity contribution in [1.82, 2.24) is 0 Å².